The van der Waals surface area contributed by atoms with Crippen molar-refractivity contribution in [3.05, 3.63) is 52.9 Å². The zero-order valence-electron chi connectivity index (χ0n) is 16.9. The van der Waals surface area contributed by atoms with Crippen LogP contribution in [0.5, 0.6) is 0 Å². The molecular formula is C21H24F2N4O. The number of hydrogen-bond donors (Lipinski definition) is 1. The third-order valence-electron chi connectivity index (χ3n) is 4.50. The fourth-order valence-corrected chi connectivity index (χ4v) is 3.04. The Bertz CT molecular complexity index is 1060. The number of anilines is 1. The van der Waals surface area contributed by atoms with Gasteiger partial charge in [0.2, 0.25) is 0 Å². The highest BCUT2D eigenvalue weighted by Gasteiger charge is 2.25. The third kappa shape index (κ3) is 3.48. The van der Waals surface area contributed by atoms with Crippen molar-refractivity contribution >= 4 is 22.6 Å². The number of aromatic nitrogens is 3. The van der Waals surface area contributed by atoms with E-state index in [4.69, 9.17) is 4.98 Å². The number of fused-ring (bicyclic) bond motifs is 1. The van der Waals surface area contributed by atoms with Gasteiger partial charge in [0.15, 0.2) is 17.3 Å². The Morgan fingerprint density at radius 2 is 1.89 bits per heavy atom. The number of nitrogens with one attached hydrogen (secondary N) is 1. The van der Waals surface area contributed by atoms with Crippen LogP contribution in [0.4, 0.5) is 14.5 Å². The second-order valence-electron chi connectivity index (χ2n) is 8.17. The summed E-state index contributed by atoms with van der Waals surface area (Å²) in [4.78, 5) is 17.7. The van der Waals surface area contributed by atoms with Crippen molar-refractivity contribution in [1.29, 1.82) is 0 Å². The summed E-state index contributed by atoms with van der Waals surface area (Å²) < 4.78 is 29.3. The molecule has 0 aliphatic rings. The molecule has 0 saturated heterocycles. The first-order valence-electron chi connectivity index (χ1n) is 9.16. The Labute approximate surface area is 162 Å². The van der Waals surface area contributed by atoms with Gasteiger partial charge in [0.05, 0.1) is 27.9 Å². The number of nitrogens with zero attached hydrogens (tertiary/aromatic N) is 3. The van der Waals surface area contributed by atoms with E-state index in [-0.39, 0.29) is 17.1 Å². The second-order valence-corrected chi connectivity index (χ2v) is 8.17. The van der Waals surface area contributed by atoms with Crippen LogP contribution in [0.3, 0.4) is 0 Å². The number of halogens is 2. The number of rotatable bonds is 3. The highest BCUT2D eigenvalue weighted by atomic mass is 19.2. The number of carbonyl (C=O) groups is 1. The standard InChI is InChI=1S/C21H24F2N4O/c1-11(2)16-10-13(20(28)25-15-9-7-8-14(22)18(15)23)17-12(3)26-27(19(17)24-16)21(4,5)6/h7-11H,1-6H3,(H,25,28). The van der Waals surface area contributed by atoms with Crippen LogP contribution in [0.25, 0.3) is 11.0 Å². The summed E-state index contributed by atoms with van der Waals surface area (Å²) in [5.74, 6) is -2.56. The molecule has 0 saturated carbocycles. The lowest BCUT2D eigenvalue weighted by atomic mass is 10.0. The molecule has 0 aliphatic heterocycles. The van der Waals surface area contributed by atoms with Gasteiger partial charge in [0.1, 0.15) is 0 Å². The lowest BCUT2D eigenvalue weighted by Gasteiger charge is -2.20. The lowest BCUT2D eigenvalue weighted by Crippen LogP contribution is -2.24. The van der Waals surface area contributed by atoms with Gasteiger partial charge >= 0.3 is 0 Å². The quantitative estimate of drug-likeness (QED) is 0.677. The molecule has 3 rings (SSSR count). The van der Waals surface area contributed by atoms with Crippen molar-refractivity contribution in [2.24, 2.45) is 0 Å². The number of hydrogen-bond acceptors (Lipinski definition) is 3. The van der Waals surface area contributed by atoms with Crippen molar-refractivity contribution in [2.75, 3.05) is 5.32 Å². The van der Waals surface area contributed by atoms with E-state index in [1.54, 1.807) is 17.7 Å². The van der Waals surface area contributed by atoms with E-state index in [9.17, 15) is 13.6 Å². The van der Waals surface area contributed by atoms with E-state index in [0.717, 1.165) is 11.8 Å². The first kappa shape index (κ1) is 19.9. The molecule has 2 aromatic heterocycles. The minimum Gasteiger partial charge on any atom is -0.319 e. The summed E-state index contributed by atoms with van der Waals surface area (Å²) in [6, 6.07) is 5.37. The highest BCUT2D eigenvalue weighted by Crippen LogP contribution is 2.29. The van der Waals surface area contributed by atoms with Gasteiger partial charge in [-0.15, -0.1) is 0 Å². The van der Waals surface area contributed by atoms with Crippen LogP contribution in [0, 0.1) is 18.6 Å². The second kappa shape index (κ2) is 6.96. The topological polar surface area (TPSA) is 59.8 Å². The molecule has 1 aromatic carbocycles. The minimum atomic E-state index is -1.09. The largest absolute Gasteiger partial charge is 0.319 e. The smallest absolute Gasteiger partial charge is 0.256 e. The van der Waals surface area contributed by atoms with Gasteiger partial charge < -0.3 is 5.32 Å². The normalized spacial score (nSPS) is 12.0. The van der Waals surface area contributed by atoms with E-state index in [1.165, 1.54) is 12.1 Å². The number of carbonyl (C=O) groups excluding carboxylic acids is 1. The van der Waals surface area contributed by atoms with E-state index in [2.05, 4.69) is 10.4 Å². The molecule has 3 aromatic rings. The van der Waals surface area contributed by atoms with Crippen LogP contribution in [0.15, 0.2) is 24.3 Å². The Kier molecular flexibility index (Phi) is 4.95. The fraction of sp³-hybridized carbons (Fsp3) is 0.381. The lowest BCUT2D eigenvalue weighted by molar-refractivity contribution is 0.102. The maximum Gasteiger partial charge on any atom is 0.256 e. The molecule has 0 bridgehead atoms. The molecule has 28 heavy (non-hydrogen) atoms. The molecule has 1 N–H and O–H groups in total. The molecule has 1 amide bonds. The zero-order chi connectivity index (χ0) is 20.8. The molecule has 0 atom stereocenters. The Morgan fingerprint density at radius 3 is 2.50 bits per heavy atom. The maximum absolute atomic E-state index is 14.0. The summed E-state index contributed by atoms with van der Waals surface area (Å²) in [6.45, 7) is 11.8. The van der Waals surface area contributed by atoms with Gasteiger partial charge in [-0.2, -0.15) is 5.10 Å². The molecule has 148 valence electrons. The summed E-state index contributed by atoms with van der Waals surface area (Å²) in [5, 5.41) is 7.67. The van der Waals surface area contributed by atoms with Crippen LogP contribution in [0.1, 0.15) is 62.3 Å². The molecule has 0 unspecified atom stereocenters. The van der Waals surface area contributed by atoms with E-state index in [0.29, 0.717) is 22.3 Å². The minimum absolute atomic E-state index is 0.0745. The van der Waals surface area contributed by atoms with Crippen LogP contribution in [-0.4, -0.2) is 20.7 Å². The van der Waals surface area contributed by atoms with Gasteiger partial charge in [-0.1, -0.05) is 19.9 Å². The van der Waals surface area contributed by atoms with Crippen molar-refractivity contribution in [1.82, 2.24) is 14.8 Å². The Hall–Kier alpha value is -2.83. The van der Waals surface area contributed by atoms with Gasteiger partial charge in [-0.3, -0.25) is 4.79 Å². The number of amides is 1. The molecule has 5 nitrogen and oxygen atoms in total. The van der Waals surface area contributed by atoms with Crippen LogP contribution in [0.2, 0.25) is 0 Å². The highest BCUT2D eigenvalue weighted by molar-refractivity contribution is 6.12. The average Bonchev–Trinajstić information content (AvgIpc) is 2.95. The number of aryl methyl sites for hydroxylation is 1. The van der Waals surface area contributed by atoms with Crippen molar-refractivity contribution in [2.45, 2.75) is 53.0 Å². The Morgan fingerprint density at radius 1 is 1.21 bits per heavy atom. The van der Waals surface area contributed by atoms with Gasteiger partial charge in [-0.05, 0) is 51.8 Å². The number of pyridine rings is 1. The SMILES string of the molecule is Cc1nn(C(C)(C)C)c2nc(C(C)C)cc(C(=O)Nc3cccc(F)c3F)c12. The molecule has 0 radical (unpaired) electrons. The summed E-state index contributed by atoms with van der Waals surface area (Å²) in [6.07, 6.45) is 0. The van der Waals surface area contributed by atoms with Gasteiger partial charge in [-0.25, -0.2) is 18.4 Å². The molecule has 2 heterocycles. The zero-order valence-corrected chi connectivity index (χ0v) is 16.9. The number of benzene rings is 1. The molecule has 0 aliphatic carbocycles. The molecule has 0 fully saturated rings. The van der Waals surface area contributed by atoms with E-state index < -0.39 is 17.5 Å². The van der Waals surface area contributed by atoms with Crippen LogP contribution in [-0.2, 0) is 5.54 Å². The van der Waals surface area contributed by atoms with E-state index >= 15 is 0 Å². The molecular weight excluding hydrogens is 362 g/mol. The summed E-state index contributed by atoms with van der Waals surface area (Å²) >= 11 is 0. The van der Waals surface area contributed by atoms with Gasteiger partial charge in [0.25, 0.3) is 5.91 Å². The summed E-state index contributed by atoms with van der Waals surface area (Å²) in [7, 11) is 0. The van der Waals surface area contributed by atoms with Crippen molar-refractivity contribution in [3.8, 4) is 0 Å². The maximum atomic E-state index is 14.0. The van der Waals surface area contributed by atoms with Gasteiger partial charge in [0, 0.05) is 5.69 Å². The first-order chi connectivity index (χ1) is 13.0. The monoisotopic (exact) mass is 386 g/mol. The first-order valence-corrected chi connectivity index (χ1v) is 9.16. The Balaban J connectivity index is 2.20. The molecule has 0 spiro atoms. The third-order valence-corrected chi connectivity index (χ3v) is 4.50. The predicted octanol–water partition coefficient (Wildman–Crippen LogP) is 5.15. The average molecular weight is 386 g/mol. The van der Waals surface area contributed by atoms with Crippen molar-refractivity contribution in [3.63, 3.8) is 0 Å². The fourth-order valence-electron chi connectivity index (χ4n) is 3.04. The molecule has 7 heteroatoms. The predicted molar refractivity (Wildman–Crippen MR) is 106 cm³/mol. The van der Waals surface area contributed by atoms with Crippen LogP contribution < -0.4 is 5.32 Å². The van der Waals surface area contributed by atoms with Crippen molar-refractivity contribution < 1.29 is 13.6 Å². The van der Waals surface area contributed by atoms with Crippen LogP contribution >= 0.6 is 0 Å². The summed E-state index contributed by atoms with van der Waals surface area (Å²) in [5.41, 5.74) is 1.77. The van der Waals surface area contributed by atoms with E-state index in [1.807, 2.05) is 34.6 Å².